The van der Waals surface area contributed by atoms with E-state index in [-0.39, 0.29) is 11.1 Å². The summed E-state index contributed by atoms with van der Waals surface area (Å²) < 4.78 is 37.8. The molecule has 0 spiro atoms. The van der Waals surface area contributed by atoms with E-state index in [2.05, 4.69) is 0 Å². The maximum absolute atomic E-state index is 12.6. The summed E-state index contributed by atoms with van der Waals surface area (Å²) in [5.41, 5.74) is -2.34. The molecule has 1 aromatic rings. The fourth-order valence-electron chi connectivity index (χ4n) is 1.35. The van der Waals surface area contributed by atoms with Gasteiger partial charge >= 0.3 is 6.18 Å². The van der Waals surface area contributed by atoms with Crippen molar-refractivity contribution >= 4 is 5.78 Å². The van der Waals surface area contributed by atoms with Gasteiger partial charge in [0, 0.05) is 5.56 Å². The highest BCUT2D eigenvalue weighted by Gasteiger charge is 2.33. The summed E-state index contributed by atoms with van der Waals surface area (Å²) >= 11 is 0. The first-order valence-electron chi connectivity index (χ1n) is 4.98. The number of benzene rings is 1. The molecule has 0 bridgehead atoms. The third-order valence-electron chi connectivity index (χ3n) is 2.37. The van der Waals surface area contributed by atoms with Crippen molar-refractivity contribution in [2.75, 3.05) is 0 Å². The SMILES string of the molecule is CC(=O)c1cc(C(C)(C)O)cc(C(F)(F)F)c1. The Morgan fingerprint density at radius 3 is 1.94 bits per heavy atom. The molecule has 0 fully saturated rings. The van der Waals surface area contributed by atoms with Gasteiger partial charge in [0.25, 0.3) is 0 Å². The normalized spacial score (nSPS) is 12.6. The third-order valence-corrected chi connectivity index (χ3v) is 2.37. The van der Waals surface area contributed by atoms with Crippen molar-refractivity contribution in [3.8, 4) is 0 Å². The number of carbonyl (C=O) groups is 1. The Morgan fingerprint density at radius 2 is 1.59 bits per heavy atom. The van der Waals surface area contributed by atoms with Gasteiger partial charge in [-0.25, -0.2) is 0 Å². The molecule has 17 heavy (non-hydrogen) atoms. The number of alkyl halides is 3. The highest BCUT2D eigenvalue weighted by atomic mass is 19.4. The number of ketones is 1. The zero-order valence-corrected chi connectivity index (χ0v) is 9.72. The highest BCUT2D eigenvalue weighted by molar-refractivity contribution is 5.94. The van der Waals surface area contributed by atoms with Crippen molar-refractivity contribution in [1.82, 2.24) is 0 Å². The van der Waals surface area contributed by atoms with Crippen molar-refractivity contribution in [3.05, 3.63) is 34.9 Å². The maximum Gasteiger partial charge on any atom is 0.416 e. The quantitative estimate of drug-likeness (QED) is 0.814. The summed E-state index contributed by atoms with van der Waals surface area (Å²) in [6.07, 6.45) is -4.54. The Hall–Kier alpha value is -1.36. The van der Waals surface area contributed by atoms with E-state index < -0.39 is 23.1 Å². The van der Waals surface area contributed by atoms with Gasteiger partial charge in [0.05, 0.1) is 11.2 Å². The number of aliphatic hydroxyl groups is 1. The molecule has 0 radical (unpaired) electrons. The standard InChI is InChI=1S/C12H13F3O2/c1-7(16)8-4-9(11(2,3)17)6-10(5-8)12(13,14)15/h4-6,17H,1-3H3. The van der Waals surface area contributed by atoms with Crippen LogP contribution in [0.4, 0.5) is 13.2 Å². The van der Waals surface area contributed by atoms with Crippen molar-refractivity contribution in [3.63, 3.8) is 0 Å². The number of rotatable bonds is 2. The zero-order chi connectivity index (χ0) is 13.4. The molecule has 1 rings (SSSR count). The Kier molecular flexibility index (Phi) is 3.34. The Morgan fingerprint density at radius 1 is 1.12 bits per heavy atom. The van der Waals surface area contributed by atoms with Crippen LogP contribution in [-0.2, 0) is 11.8 Å². The van der Waals surface area contributed by atoms with Gasteiger partial charge < -0.3 is 5.11 Å². The van der Waals surface area contributed by atoms with E-state index in [1.165, 1.54) is 26.8 Å². The Balaban J connectivity index is 3.45. The predicted molar refractivity (Wildman–Crippen MR) is 56.7 cm³/mol. The Labute approximate surface area is 97.1 Å². The molecule has 5 heteroatoms. The molecule has 0 aliphatic heterocycles. The maximum atomic E-state index is 12.6. The minimum atomic E-state index is -4.54. The molecule has 0 amide bonds. The molecule has 0 unspecified atom stereocenters. The first-order chi connectivity index (χ1) is 7.51. The van der Waals surface area contributed by atoms with Crippen LogP contribution in [0.2, 0.25) is 0 Å². The summed E-state index contributed by atoms with van der Waals surface area (Å²) in [6, 6.07) is 2.92. The monoisotopic (exact) mass is 246 g/mol. The summed E-state index contributed by atoms with van der Waals surface area (Å²) in [5, 5.41) is 9.71. The molecule has 0 heterocycles. The van der Waals surface area contributed by atoms with E-state index >= 15 is 0 Å². The fourth-order valence-corrected chi connectivity index (χ4v) is 1.35. The summed E-state index contributed by atoms with van der Waals surface area (Å²) in [7, 11) is 0. The Bertz CT molecular complexity index is 410. The minimum absolute atomic E-state index is 0.0584. The predicted octanol–water partition coefficient (Wildman–Crippen LogP) is 3.14. The first-order valence-corrected chi connectivity index (χ1v) is 4.98. The molecule has 0 saturated carbocycles. The molecular formula is C12H13F3O2. The molecular weight excluding hydrogens is 233 g/mol. The van der Waals surface area contributed by atoms with Crippen molar-refractivity contribution in [2.24, 2.45) is 0 Å². The zero-order valence-electron chi connectivity index (χ0n) is 9.72. The van der Waals surface area contributed by atoms with Gasteiger partial charge in [-0.3, -0.25) is 4.79 Å². The van der Waals surface area contributed by atoms with Gasteiger partial charge in [0.15, 0.2) is 5.78 Å². The van der Waals surface area contributed by atoms with Crippen molar-refractivity contribution < 1.29 is 23.1 Å². The van der Waals surface area contributed by atoms with Crippen molar-refractivity contribution in [1.29, 1.82) is 0 Å². The number of Topliss-reactive ketones (excluding diaryl/α,β-unsaturated/α-hetero) is 1. The first kappa shape index (κ1) is 13.7. The van der Waals surface area contributed by atoms with E-state index in [4.69, 9.17) is 0 Å². The molecule has 94 valence electrons. The highest BCUT2D eigenvalue weighted by Crippen LogP contribution is 2.33. The van der Waals surface area contributed by atoms with E-state index in [0.717, 1.165) is 12.1 Å². The molecule has 0 aromatic heterocycles. The summed E-state index contributed by atoms with van der Waals surface area (Å²) in [5.74, 6) is -0.471. The van der Waals surface area contributed by atoms with Gasteiger partial charge in [0.2, 0.25) is 0 Å². The van der Waals surface area contributed by atoms with Gasteiger partial charge in [0.1, 0.15) is 0 Å². The molecule has 0 aliphatic carbocycles. The van der Waals surface area contributed by atoms with E-state index in [1.807, 2.05) is 0 Å². The lowest BCUT2D eigenvalue weighted by atomic mass is 9.93. The van der Waals surface area contributed by atoms with Crippen LogP contribution in [0.1, 0.15) is 42.3 Å². The average molecular weight is 246 g/mol. The topological polar surface area (TPSA) is 37.3 Å². The molecule has 0 aliphatic rings. The van der Waals surface area contributed by atoms with Gasteiger partial charge in [-0.1, -0.05) is 0 Å². The largest absolute Gasteiger partial charge is 0.416 e. The molecule has 0 atom stereocenters. The third kappa shape index (κ3) is 3.30. The number of halogens is 3. The van der Waals surface area contributed by atoms with Crippen LogP contribution >= 0.6 is 0 Å². The van der Waals surface area contributed by atoms with Crippen LogP contribution in [0.25, 0.3) is 0 Å². The van der Waals surface area contributed by atoms with E-state index in [1.54, 1.807) is 0 Å². The van der Waals surface area contributed by atoms with Gasteiger partial charge in [-0.05, 0) is 44.5 Å². The van der Waals surface area contributed by atoms with Crippen molar-refractivity contribution in [2.45, 2.75) is 32.5 Å². The van der Waals surface area contributed by atoms with E-state index in [0.29, 0.717) is 0 Å². The second-order valence-electron chi connectivity index (χ2n) is 4.41. The lowest BCUT2D eigenvalue weighted by molar-refractivity contribution is -0.137. The van der Waals surface area contributed by atoms with Gasteiger partial charge in [-0.2, -0.15) is 13.2 Å². The fraction of sp³-hybridized carbons (Fsp3) is 0.417. The summed E-state index contributed by atoms with van der Waals surface area (Å²) in [4.78, 5) is 11.2. The number of carbonyl (C=O) groups excluding carboxylic acids is 1. The molecule has 1 N–H and O–H groups in total. The smallest absolute Gasteiger partial charge is 0.386 e. The van der Waals surface area contributed by atoms with Crippen LogP contribution in [0.5, 0.6) is 0 Å². The molecule has 1 aromatic carbocycles. The number of hydrogen-bond acceptors (Lipinski definition) is 2. The van der Waals surface area contributed by atoms with Crippen LogP contribution in [0.15, 0.2) is 18.2 Å². The van der Waals surface area contributed by atoms with Crippen LogP contribution < -0.4 is 0 Å². The second-order valence-corrected chi connectivity index (χ2v) is 4.41. The lowest BCUT2D eigenvalue weighted by Crippen LogP contribution is -2.18. The lowest BCUT2D eigenvalue weighted by Gasteiger charge is -2.20. The van der Waals surface area contributed by atoms with E-state index in [9.17, 15) is 23.1 Å². The van der Waals surface area contributed by atoms with Crippen LogP contribution in [-0.4, -0.2) is 10.9 Å². The molecule has 0 saturated heterocycles. The summed E-state index contributed by atoms with van der Waals surface area (Å²) in [6.45, 7) is 3.92. The number of hydrogen-bond donors (Lipinski definition) is 1. The van der Waals surface area contributed by atoms with Gasteiger partial charge in [-0.15, -0.1) is 0 Å². The average Bonchev–Trinajstić information content (AvgIpc) is 2.14. The molecule has 2 nitrogen and oxygen atoms in total. The minimum Gasteiger partial charge on any atom is -0.386 e. The second kappa shape index (κ2) is 4.14. The van der Waals surface area contributed by atoms with Crippen LogP contribution in [0, 0.1) is 0 Å². The van der Waals surface area contributed by atoms with Crippen LogP contribution in [0.3, 0.4) is 0 Å².